The van der Waals surface area contributed by atoms with Gasteiger partial charge in [0.25, 0.3) is 0 Å². The highest BCUT2D eigenvalue weighted by Crippen LogP contribution is 2.33. The molecule has 0 aromatic heterocycles. The Bertz CT molecular complexity index is 288. The molecule has 0 bridgehead atoms. The zero-order chi connectivity index (χ0) is 15.5. The quantitative estimate of drug-likeness (QED) is 0.312. The van der Waals surface area contributed by atoms with Crippen molar-refractivity contribution in [3.63, 3.8) is 0 Å². The fraction of sp³-hybridized carbons (Fsp3) is 0.941. The van der Waals surface area contributed by atoms with Crippen LogP contribution < -0.4 is 10.6 Å². The zero-order valence-corrected chi connectivity index (χ0v) is 14.2. The van der Waals surface area contributed by atoms with Crippen molar-refractivity contribution in [1.82, 2.24) is 10.6 Å². The van der Waals surface area contributed by atoms with Gasteiger partial charge in [0.2, 0.25) is 0 Å². The molecule has 0 spiro atoms. The van der Waals surface area contributed by atoms with Crippen LogP contribution in [-0.2, 0) is 0 Å². The second kappa shape index (κ2) is 10.9. The minimum Gasteiger partial charge on any atom is -0.396 e. The Labute approximate surface area is 130 Å². The maximum atomic E-state index is 9.17. The van der Waals surface area contributed by atoms with Crippen LogP contribution in [0.5, 0.6) is 0 Å². The SMILES string of the molecule is CCNC(=NCC(CCO)CC(C)C)NCCCC1CC1. The first kappa shape index (κ1) is 18.3. The van der Waals surface area contributed by atoms with Crippen LogP contribution in [0.15, 0.2) is 4.99 Å². The van der Waals surface area contributed by atoms with Crippen molar-refractivity contribution in [3.05, 3.63) is 0 Å². The van der Waals surface area contributed by atoms with E-state index in [2.05, 4.69) is 31.4 Å². The highest BCUT2D eigenvalue weighted by molar-refractivity contribution is 5.79. The summed E-state index contributed by atoms with van der Waals surface area (Å²) in [5.74, 6) is 3.08. The highest BCUT2D eigenvalue weighted by atomic mass is 16.3. The van der Waals surface area contributed by atoms with Gasteiger partial charge in [-0.15, -0.1) is 0 Å². The summed E-state index contributed by atoms with van der Waals surface area (Å²) < 4.78 is 0. The molecule has 21 heavy (non-hydrogen) atoms. The Morgan fingerprint density at radius 1 is 1.29 bits per heavy atom. The lowest BCUT2D eigenvalue weighted by Gasteiger charge is -2.17. The lowest BCUT2D eigenvalue weighted by atomic mass is 9.94. The van der Waals surface area contributed by atoms with Crippen molar-refractivity contribution >= 4 is 5.96 Å². The van der Waals surface area contributed by atoms with Gasteiger partial charge in [0.05, 0.1) is 0 Å². The number of guanidine groups is 1. The van der Waals surface area contributed by atoms with E-state index in [0.29, 0.717) is 11.8 Å². The molecular weight excluding hydrogens is 262 g/mol. The van der Waals surface area contributed by atoms with Gasteiger partial charge in [0.1, 0.15) is 0 Å². The molecular formula is C17H35N3O. The van der Waals surface area contributed by atoms with Crippen LogP contribution >= 0.6 is 0 Å². The van der Waals surface area contributed by atoms with Gasteiger partial charge in [0, 0.05) is 26.2 Å². The zero-order valence-electron chi connectivity index (χ0n) is 14.2. The number of aliphatic imine (C=N–C) groups is 1. The van der Waals surface area contributed by atoms with Gasteiger partial charge < -0.3 is 15.7 Å². The molecule has 4 heteroatoms. The van der Waals surface area contributed by atoms with E-state index in [4.69, 9.17) is 10.1 Å². The topological polar surface area (TPSA) is 56.7 Å². The molecule has 1 aliphatic carbocycles. The number of aliphatic hydroxyl groups excluding tert-OH is 1. The summed E-state index contributed by atoms with van der Waals surface area (Å²) in [5.41, 5.74) is 0. The summed E-state index contributed by atoms with van der Waals surface area (Å²) in [7, 11) is 0. The van der Waals surface area contributed by atoms with Gasteiger partial charge in [0.15, 0.2) is 5.96 Å². The summed E-state index contributed by atoms with van der Waals surface area (Å²) >= 11 is 0. The highest BCUT2D eigenvalue weighted by Gasteiger charge is 2.20. The van der Waals surface area contributed by atoms with E-state index in [-0.39, 0.29) is 6.61 Å². The molecule has 0 radical (unpaired) electrons. The summed E-state index contributed by atoms with van der Waals surface area (Å²) in [5, 5.41) is 15.9. The van der Waals surface area contributed by atoms with Crippen molar-refractivity contribution in [2.24, 2.45) is 22.7 Å². The summed E-state index contributed by atoms with van der Waals surface area (Å²) in [6.45, 7) is 9.53. The van der Waals surface area contributed by atoms with Crippen LogP contribution in [0.25, 0.3) is 0 Å². The number of aliphatic hydroxyl groups is 1. The number of rotatable bonds is 11. The van der Waals surface area contributed by atoms with Gasteiger partial charge in [-0.1, -0.05) is 26.7 Å². The molecule has 1 fully saturated rings. The minimum atomic E-state index is 0.262. The average molecular weight is 297 g/mol. The second-order valence-corrected chi connectivity index (χ2v) is 6.74. The Kier molecular flexibility index (Phi) is 9.48. The molecule has 0 heterocycles. The molecule has 0 aromatic rings. The van der Waals surface area contributed by atoms with E-state index in [0.717, 1.165) is 44.4 Å². The van der Waals surface area contributed by atoms with Gasteiger partial charge >= 0.3 is 0 Å². The molecule has 3 N–H and O–H groups in total. The third kappa shape index (κ3) is 9.72. The number of nitrogens with one attached hydrogen (secondary N) is 2. The van der Waals surface area contributed by atoms with Crippen LogP contribution in [0.1, 0.15) is 59.3 Å². The van der Waals surface area contributed by atoms with Crippen molar-refractivity contribution in [3.8, 4) is 0 Å². The monoisotopic (exact) mass is 297 g/mol. The minimum absolute atomic E-state index is 0.262. The summed E-state index contributed by atoms with van der Waals surface area (Å²) in [6, 6.07) is 0. The van der Waals surface area contributed by atoms with Gasteiger partial charge in [-0.3, -0.25) is 4.99 Å². The van der Waals surface area contributed by atoms with Crippen molar-refractivity contribution in [1.29, 1.82) is 0 Å². The number of nitrogens with zero attached hydrogens (tertiary/aromatic N) is 1. The van der Waals surface area contributed by atoms with Crippen LogP contribution in [0.3, 0.4) is 0 Å². The van der Waals surface area contributed by atoms with Crippen LogP contribution in [-0.4, -0.2) is 37.3 Å². The van der Waals surface area contributed by atoms with E-state index >= 15 is 0 Å². The third-order valence-corrected chi connectivity index (χ3v) is 3.97. The van der Waals surface area contributed by atoms with Gasteiger partial charge in [-0.25, -0.2) is 0 Å². The molecule has 4 nitrogen and oxygen atoms in total. The Balaban J connectivity index is 2.31. The van der Waals surface area contributed by atoms with Crippen molar-refractivity contribution < 1.29 is 5.11 Å². The Morgan fingerprint density at radius 3 is 2.62 bits per heavy atom. The molecule has 0 aromatic carbocycles. The predicted molar refractivity (Wildman–Crippen MR) is 90.6 cm³/mol. The smallest absolute Gasteiger partial charge is 0.191 e. The first-order chi connectivity index (χ1) is 10.2. The van der Waals surface area contributed by atoms with Crippen LogP contribution in [0, 0.1) is 17.8 Å². The van der Waals surface area contributed by atoms with Crippen molar-refractivity contribution in [2.75, 3.05) is 26.2 Å². The van der Waals surface area contributed by atoms with E-state index in [1.165, 1.54) is 25.7 Å². The Morgan fingerprint density at radius 2 is 2.05 bits per heavy atom. The van der Waals surface area contributed by atoms with Gasteiger partial charge in [-0.2, -0.15) is 0 Å². The molecule has 124 valence electrons. The number of hydrogen-bond donors (Lipinski definition) is 3. The molecule has 1 aliphatic rings. The molecule has 1 unspecified atom stereocenters. The summed E-state index contributed by atoms with van der Waals surface area (Å²) in [4.78, 5) is 4.70. The standard InChI is InChI=1S/C17H35N3O/c1-4-18-17(19-10-5-6-15-7-8-15)20-13-16(9-11-21)12-14(2)3/h14-16,21H,4-13H2,1-3H3,(H2,18,19,20). The van der Waals surface area contributed by atoms with E-state index in [9.17, 15) is 0 Å². The molecule has 1 atom stereocenters. The number of hydrogen-bond acceptors (Lipinski definition) is 2. The largest absolute Gasteiger partial charge is 0.396 e. The first-order valence-electron chi connectivity index (χ1n) is 8.78. The van der Waals surface area contributed by atoms with Crippen LogP contribution in [0.2, 0.25) is 0 Å². The van der Waals surface area contributed by atoms with E-state index in [1.54, 1.807) is 0 Å². The normalized spacial score (nSPS) is 17.1. The molecule has 1 saturated carbocycles. The van der Waals surface area contributed by atoms with Crippen molar-refractivity contribution in [2.45, 2.75) is 59.3 Å². The average Bonchev–Trinajstić information content (AvgIpc) is 3.24. The summed E-state index contributed by atoms with van der Waals surface area (Å²) in [6.07, 6.45) is 7.44. The maximum Gasteiger partial charge on any atom is 0.191 e. The van der Waals surface area contributed by atoms with Gasteiger partial charge in [-0.05, 0) is 50.4 Å². The fourth-order valence-corrected chi connectivity index (χ4v) is 2.70. The fourth-order valence-electron chi connectivity index (χ4n) is 2.70. The second-order valence-electron chi connectivity index (χ2n) is 6.74. The maximum absolute atomic E-state index is 9.17. The first-order valence-corrected chi connectivity index (χ1v) is 8.78. The lowest BCUT2D eigenvalue weighted by Crippen LogP contribution is -2.38. The van der Waals surface area contributed by atoms with E-state index < -0.39 is 0 Å². The third-order valence-electron chi connectivity index (χ3n) is 3.97. The lowest BCUT2D eigenvalue weighted by molar-refractivity contribution is 0.245. The Hall–Kier alpha value is -0.770. The van der Waals surface area contributed by atoms with Crippen LogP contribution in [0.4, 0.5) is 0 Å². The molecule has 0 saturated heterocycles. The molecule has 0 amide bonds. The predicted octanol–water partition coefficient (Wildman–Crippen LogP) is 2.78. The van der Waals surface area contributed by atoms with E-state index in [1.807, 2.05) is 0 Å². The molecule has 1 rings (SSSR count). The molecule has 0 aliphatic heterocycles.